The molecule has 1 atom stereocenters. The van der Waals surface area contributed by atoms with Crippen molar-refractivity contribution < 1.29 is 22.4 Å². The van der Waals surface area contributed by atoms with Crippen molar-refractivity contribution in [1.82, 2.24) is 4.31 Å². The van der Waals surface area contributed by atoms with Gasteiger partial charge in [0.15, 0.2) is 0 Å². The monoisotopic (exact) mass is 459 g/mol. The van der Waals surface area contributed by atoms with Crippen molar-refractivity contribution in [2.45, 2.75) is 37.0 Å². The molecule has 2 aromatic rings. The average molecular weight is 460 g/mol. The summed E-state index contributed by atoms with van der Waals surface area (Å²) < 4.78 is 41.3. The van der Waals surface area contributed by atoms with Gasteiger partial charge in [0, 0.05) is 31.7 Å². The van der Waals surface area contributed by atoms with E-state index in [1.807, 2.05) is 0 Å². The first kappa shape index (κ1) is 22.4. The first-order chi connectivity index (χ1) is 15.4. The van der Waals surface area contributed by atoms with Crippen LogP contribution in [-0.2, 0) is 19.6 Å². The number of sulfonamides is 1. The summed E-state index contributed by atoms with van der Waals surface area (Å²) >= 11 is 0. The molecule has 2 aliphatic rings. The highest BCUT2D eigenvalue weighted by Gasteiger charge is 2.36. The maximum Gasteiger partial charge on any atom is 0.243 e. The largest absolute Gasteiger partial charge is 0.326 e. The molecule has 0 bridgehead atoms. The third kappa shape index (κ3) is 4.68. The van der Waals surface area contributed by atoms with Crippen molar-refractivity contribution in [3.63, 3.8) is 0 Å². The number of nitrogens with one attached hydrogen (secondary N) is 1. The average Bonchev–Trinajstić information content (AvgIpc) is 2.98. The van der Waals surface area contributed by atoms with E-state index in [4.69, 9.17) is 0 Å². The second kappa shape index (κ2) is 9.38. The molecule has 9 heteroatoms. The molecule has 0 aromatic heterocycles. The van der Waals surface area contributed by atoms with E-state index in [1.54, 1.807) is 24.3 Å². The Bertz CT molecular complexity index is 1100. The predicted octanol–water partition coefficient (Wildman–Crippen LogP) is 3.38. The summed E-state index contributed by atoms with van der Waals surface area (Å²) in [5.41, 5.74) is 0.609. The number of rotatable bonds is 5. The number of nitrogens with zero attached hydrogens (tertiary/aromatic N) is 2. The van der Waals surface area contributed by atoms with E-state index in [0.717, 1.165) is 25.7 Å². The Morgan fingerprint density at radius 3 is 2.28 bits per heavy atom. The highest BCUT2D eigenvalue weighted by molar-refractivity contribution is 7.89. The van der Waals surface area contributed by atoms with Gasteiger partial charge in [0.25, 0.3) is 0 Å². The summed E-state index contributed by atoms with van der Waals surface area (Å²) in [5, 5.41) is 2.74. The zero-order valence-electron chi connectivity index (χ0n) is 17.7. The first-order valence-electron chi connectivity index (χ1n) is 10.8. The van der Waals surface area contributed by atoms with Gasteiger partial charge in [0.1, 0.15) is 5.82 Å². The second-order valence-electron chi connectivity index (χ2n) is 8.19. The van der Waals surface area contributed by atoms with Crippen LogP contribution in [0.15, 0.2) is 53.4 Å². The number of amides is 2. The summed E-state index contributed by atoms with van der Waals surface area (Å²) in [6.45, 7) is 1.14. The molecule has 0 saturated carbocycles. The van der Waals surface area contributed by atoms with Crippen LogP contribution in [0.25, 0.3) is 0 Å². The van der Waals surface area contributed by atoms with Crippen molar-refractivity contribution in [2.75, 3.05) is 29.9 Å². The maximum atomic E-state index is 14.0. The minimum atomic E-state index is -3.56. The predicted molar refractivity (Wildman–Crippen MR) is 119 cm³/mol. The van der Waals surface area contributed by atoms with Crippen LogP contribution in [-0.4, -0.2) is 44.2 Å². The fourth-order valence-electron chi connectivity index (χ4n) is 4.17. The van der Waals surface area contributed by atoms with Gasteiger partial charge >= 0.3 is 0 Å². The van der Waals surface area contributed by atoms with Crippen LogP contribution >= 0.6 is 0 Å². The van der Waals surface area contributed by atoms with Crippen molar-refractivity contribution in [3.05, 3.63) is 54.3 Å². The van der Waals surface area contributed by atoms with Crippen LogP contribution in [0.4, 0.5) is 15.8 Å². The van der Waals surface area contributed by atoms with E-state index >= 15 is 0 Å². The zero-order chi connectivity index (χ0) is 22.7. The maximum absolute atomic E-state index is 14.0. The summed E-state index contributed by atoms with van der Waals surface area (Å²) in [7, 11) is -3.56. The summed E-state index contributed by atoms with van der Waals surface area (Å²) in [6, 6.07) is 12.0. The molecule has 2 heterocycles. The molecule has 4 rings (SSSR count). The molecule has 7 nitrogen and oxygen atoms in total. The lowest BCUT2D eigenvalue weighted by Gasteiger charge is -2.20. The summed E-state index contributed by atoms with van der Waals surface area (Å²) in [6.07, 6.45) is 3.78. The number of carbonyl (C=O) groups excluding carboxylic acids is 2. The molecule has 0 spiro atoms. The number of benzene rings is 2. The Balaban J connectivity index is 1.41. The van der Waals surface area contributed by atoms with Gasteiger partial charge in [-0.1, -0.05) is 25.0 Å². The van der Waals surface area contributed by atoms with Gasteiger partial charge in [0.05, 0.1) is 16.5 Å². The molecular weight excluding hydrogens is 433 g/mol. The molecule has 2 fully saturated rings. The molecule has 1 unspecified atom stereocenters. The van der Waals surface area contributed by atoms with Crippen LogP contribution in [0.5, 0.6) is 0 Å². The van der Waals surface area contributed by atoms with Gasteiger partial charge in [-0.2, -0.15) is 4.31 Å². The molecular formula is C23H26FN3O4S. The third-order valence-electron chi connectivity index (χ3n) is 5.96. The van der Waals surface area contributed by atoms with Gasteiger partial charge in [-0.3, -0.25) is 9.59 Å². The number of carbonyl (C=O) groups is 2. The standard InChI is InChI=1S/C23H26FN3O4S/c24-20-7-3-4-8-21(20)27-16-17(15-22(27)28)23(29)25-18-9-11-19(12-10-18)32(30,31)26-13-5-1-2-6-14-26/h3-4,7-12,17H,1-2,5-6,13-16H2,(H,25,29). The summed E-state index contributed by atoms with van der Waals surface area (Å²) in [5.74, 6) is -1.81. The second-order valence-corrected chi connectivity index (χ2v) is 10.1. The molecule has 2 aliphatic heterocycles. The van der Waals surface area contributed by atoms with E-state index in [-0.39, 0.29) is 35.4 Å². The van der Waals surface area contributed by atoms with Gasteiger partial charge < -0.3 is 10.2 Å². The number of para-hydroxylation sites is 1. The number of halogens is 1. The van der Waals surface area contributed by atoms with Crippen LogP contribution in [0, 0.1) is 11.7 Å². The van der Waals surface area contributed by atoms with Crippen LogP contribution in [0.2, 0.25) is 0 Å². The Labute approximate surface area is 187 Å². The first-order valence-corrected chi connectivity index (χ1v) is 12.3. The lowest BCUT2D eigenvalue weighted by atomic mass is 10.1. The Morgan fingerprint density at radius 2 is 1.62 bits per heavy atom. The smallest absolute Gasteiger partial charge is 0.243 e. The minimum absolute atomic E-state index is 0.0123. The van der Waals surface area contributed by atoms with E-state index < -0.39 is 21.8 Å². The fraction of sp³-hybridized carbons (Fsp3) is 0.391. The minimum Gasteiger partial charge on any atom is -0.326 e. The highest BCUT2D eigenvalue weighted by atomic mass is 32.2. The van der Waals surface area contributed by atoms with Crippen molar-refractivity contribution >= 4 is 33.2 Å². The molecule has 0 aliphatic carbocycles. The van der Waals surface area contributed by atoms with Gasteiger partial charge in [-0.15, -0.1) is 0 Å². The van der Waals surface area contributed by atoms with Crippen molar-refractivity contribution in [1.29, 1.82) is 0 Å². The number of hydrogen-bond donors (Lipinski definition) is 1. The summed E-state index contributed by atoms with van der Waals surface area (Å²) in [4.78, 5) is 26.5. The molecule has 2 amide bonds. The van der Waals surface area contributed by atoms with E-state index in [1.165, 1.54) is 33.5 Å². The zero-order valence-corrected chi connectivity index (χ0v) is 18.5. The van der Waals surface area contributed by atoms with Crippen LogP contribution in [0.1, 0.15) is 32.1 Å². The quantitative estimate of drug-likeness (QED) is 0.743. The Kier molecular flexibility index (Phi) is 6.57. The molecule has 1 N–H and O–H groups in total. The van der Waals surface area contributed by atoms with Crippen LogP contribution < -0.4 is 10.2 Å². The normalized spacial score (nSPS) is 20.2. The van der Waals surface area contributed by atoms with Crippen molar-refractivity contribution in [2.24, 2.45) is 5.92 Å². The van der Waals surface area contributed by atoms with Crippen molar-refractivity contribution in [3.8, 4) is 0 Å². The van der Waals surface area contributed by atoms with Gasteiger partial charge in [-0.05, 0) is 49.2 Å². The molecule has 0 radical (unpaired) electrons. The highest BCUT2D eigenvalue weighted by Crippen LogP contribution is 2.28. The molecule has 2 aromatic carbocycles. The third-order valence-corrected chi connectivity index (χ3v) is 7.88. The van der Waals surface area contributed by atoms with E-state index in [2.05, 4.69) is 5.32 Å². The topological polar surface area (TPSA) is 86.8 Å². The molecule has 170 valence electrons. The SMILES string of the molecule is O=C(Nc1ccc(S(=O)(=O)N2CCCCCC2)cc1)C1CC(=O)N(c2ccccc2F)C1. The Morgan fingerprint density at radius 1 is 0.969 bits per heavy atom. The molecule has 32 heavy (non-hydrogen) atoms. The van der Waals surface area contributed by atoms with E-state index in [9.17, 15) is 22.4 Å². The Hall–Kier alpha value is -2.78. The fourth-order valence-corrected chi connectivity index (χ4v) is 5.69. The lowest BCUT2D eigenvalue weighted by molar-refractivity contribution is -0.122. The van der Waals surface area contributed by atoms with Crippen LogP contribution in [0.3, 0.4) is 0 Å². The van der Waals surface area contributed by atoms with Gasteiger partial charge in [0.2, 0.25) is 21.8 Å². The van der Waals surface area contributed by atoms with E-state index in [0.29, 0.717) is 18.8 Å². The number of hydrogen-bond acceptors (Lipinski definition) is 4. The molecule has 2 saturated heterocycles. The lowest BCUT2D eigenvalue weighted by Crippen LogP contribution is -2.32. The van der Waals surface area contributed by atoms with Gasteiger partial charge in [-0.25, -0.2) is 12.8 Å². The number of anilines is 2.